The molecule has 0 unspecified atom stereocenters. The number of carbonyl (C=O) groups is 2. The van der Waals surface area contributed by atoms with Gasteiger partial charge in [0.2, 0.25) is 18.3 Å². The third kappa shape index (κ3) is 5.42. The van der Waals surface area contributed by atoms with E-state index in [4.69, 9.17) is 37.9 Å². The summed E-state index contributed by atoms with van der Waals surface area (Å²) in [5.41, 5.74) is 0.0115. The monoisotopic (exact) mass is 636 g/mol. The minimum absolute atomic E-state index is 0.0631. The minimum Gasteiger partial charge on any atom is -0.493 e. The average Bonchev–Trinajstić information content (AvgIpc) is 3.55. The standard InChI is InChI=1S/C35H40O11/c1-9-18(2)33(36)45-27-19(3)35(4,38)32(46-34(37)20-13-11-10-12-14-20)22-16-23(39-5)28(40-6)30(41-7)26(22)25-21(27)15-24-29(31(25)42-8)44-17-43-24/h10-16,18-19,27,32,38H,9,17H2,1-8H3/t18-,19+,27-,32-,35+/m1/s1. The van der Waals surface area contributed by atoms with Crippen LogP contribution in [0.5, 0.6) is 34.5 Å². The van der Waals surface area contributed by atoms with Gasteiger partial charge in [-0.15, -0.1) is 0 Å². The zero-order valence-electron chi connectivity index (χ0n) is 27.3. The Morgan fingerprint density at radius 3 is 2.17 bits per heavy atom. The van der Waals surface area contributed by atoms with Gasteiger partial charge in [0, 0.05) is 28.2 Å². The Labute approximate surface area is 268 Å². The molecule has 5 rings (SSSR count). The predicted molar refractivity (Wildman–Crippen MR) is 167 cm³/mol. The molecule has 11 heteroatoms. The average molecular weight is 637 g/mol. The summed E-state index contributed by atoms with van der Waals surface area (Å²) in [5, 5.41) is 12.6. The highest BCUT2D eigenvalue weighted by Gasteiger charge is 2.52. The van der Waals surface area contributed by atoms with Crippen molar-refractivity contribution in [1.29, 1.82) is 0 Å². The summed E-state index contributed by atoms with van der Waals surface area (Å²) in [6.45, 7) is 6.88. The van der Waals surface area contributed by atoms with Gasteiger partial charge >= 0.3 is 11.9 Å². The smallest absolute Gasteiger partial charge is 0.338 e. The lowest BCUT2D eigenvalue weighted by Crippen LogP contribution is -2.46. The van der Waals surface area contributed by atoms with Crippen LogP contribution in [0.3, 0.4) is 0 Å². The Morgan fingerprint density at radius 2 is 1.57 bits per heavy atom. The fourth-order valence-corrected chi connectivity index (χ4v) is 5.98. The van der Waals surface area contributed by atoms with E-state index < -0.39 is 41.6 Å². The van der Waals surface area contributed by atoms with Gasteiger partial charge in [-0.2, -0.15) is 0 Å². The summed E-state index contributed by atoms with van der Waals surface area (Å²) in [6, 6.07) is 11.8. The van der Waals surface area contributed by atoms with Crippen LogP contribution in [-0.2, 0) is 14.3 Å². The van der Waals surface area contributed by atoms with Gasteiger partial charge in [0.25, 0.3) is 0 Å². The molecule has 0 saturated carbocycles. The molecule has 0 fully saturated rings. The van der Waals surface area contributed by atoms with Crippen molar-refractivity contribution in [3.05, 3.63) is 59.2 Å². The van der Waals surface area contributed by atoms with Crippen molar-refractivity contribution in [3.63, 3.8) is 0 Å². The Kier molecular flexibility index (Phi) is 9.25. The lowest BCUT2D eigenvalue weighted by molar-refractivity contribution is -0.172. The second-order valence-electron chi connectivity index (χ2n) is 11.6. The molecule has 0 saturated heterocycles. The topological polar surface area (TPSA) is 128 Å². The van der Waals surface area contributed by atoms with E-state index >= 15 is 0 Å². The molecule has 0 amide bonds. The zero-order valence-corrected chi connectivity index (χ0v) is 27.3. The van der Waals surface area contributed by atoms with E-state index in [2.05, 4.69) is 0 Å². The van der Waals surface area contributed by atoms with Crippen LogP contribution < -0.4 is 28.4 Å². The van der Waals surface area contributed by atoms with Gasteiger partial charge in [-0.1, -0.05) is 39.0 Å². The van der Waals surface area contributed by atoms with E-state index in [9.17, 15) is 14.7 Å². The molecule has 0 aromatic heterocycles. The highest BCUT2D eigenvalue weighted by molar-refractivity contribution is 5.92. The second-order valence-corrected chi connectivity index (χ2v) is 11.6. The number of hydrogen-bond acceptors (Lipinski definition) is 11. The van der Waals surface area contributed by atoms with E-state index in [1.807, 2.05) is 6.92 Å². The zero-order chi connectivity index (χ0) is 33.3. The third-order valence-corrected chi connectivity index (χ3v) is 8.95. The van der Waals surface area contributed by atoms with Crippen molar-refractivity contribution in [2.75, 3.05) is 35.2 Å². The highest BCUT2D eigenvalue weighted by atomic mass is 16.7. The molecule has 1 heterocycles. The molecule has 1 aliphatic carbocycles. The van der Waals surface area contributed by atoms with Gasteiger partial charge in [-0.05, 0) is 37.6 Å². The highest BCUT2D eigenvalue weighted by Crippen LogP contribution is 2.61. The van der Waals surface area contributed by atoms with Gasteiger partial charge in [0.15, 0.2) is 29.1 Å². The molecule has 1 aliphatic heterocycles. The summed E-state index contributed by atoms with van der Waals surface area (Å²) >= 11 is 0. The number of aliphatic hydroxyl groups is 1. The van der Waals surface area contributed by atoms with Crippen LogP contribution in [0.2, 0.25) is 0 Å². The lowest BCUT2D eigenvalue weighted by Gasteiger charge is -2.44. The molecule has 3 aromatic rings. The van der Waals surface area contributed by atoms with Gasteiger partial charge < -0.3 is 43.0 Å². The first-order chi connectivity index (χ1) is 22.0. The molecular formula is C35H40O11. The summed E-state index contributed by atoms with van der Waals surface area (Å²) in [6.07, 6.45) is -1.87. The number of methoxy groups -OCH3 is 4. The van der Waals surface area contributed by atoms with Gasteiger partial charge in [-0.3, -0.25) is 4.79 Å². The van der Waals surface area contributed by atoms with Crippen LogP contribution in [-0.4, -0.2) is 57.9 Å². The first-order valence-electron chi connectivity index (χ1n) is 15.1. The number of benzene rings is 3. The molecule has 1 N–H and O–H groups in total. The molecule has 0 bridgehead atoms. The van der Waals surface area contributed by atoms with Gasteiger partial charge in [0.1, 0.15) is 11.7 Å². The van der Waals surface area contributed by atoms with Crippen molar-refractivity contribution < 1.29 is 52.6 Å². The Balaban J connectivity index is 1.92. The van der Waals surface area contributed by atoms with Crippen LogP contribution in [0.15, 0.2) is 42.5 Å². The van der Waals surface area contributed by atoms with E-state index in [0.29, 0.717) is 40.2 Å². The number of fused-ring (bicyclic) bond motifs is 4. The normalized spacial score (nSPS) is 21.9. The summed E-state index contributed by atoms with van der Waals surface area (Å²) in [4.78, 5) is 27.1. The van der Waals surface area contributed by atoms with Crippen LogP contribution >= 0.6 is 0 Å². The quantitative estimate of drug-likeness (QED) is 0.276. The van der Waals surface area contributed by atoms with Crippen LogP contribution in [0.25, 0.3) is 11.1 Å². The maximum absolute atomic E-state index is 13.7. The molecule has 5 atom stereocenters. The number of carbonyl (C=O) groups excluding carboxylic acids is 2. The van der Waals surface area contributed by atoms with E-state index in [1.165, 1.54) is 28.4 Å². The maximum atomic E-state index is 13.7. The third-order valence-electron chi connectivity index (χ3n) is 8.95. The van der Waals surface area contributed by atoms with Crippen LogP contribution in [0, 0.1) is 11.8 Å². The summed E-state index contributed by atoms with van der Waals surface area (Å²) < 4.78 is 47.6. The Bertz CT molecular complexity index is 1610. The Hall–Kier alpha value is -4.64. The molecular weight excluding hydrogens is 596 g/mol. The van der Waals surface area contributed by atoms with E-state index in [-0.39, 0.29) is 35.4 Å². The van der Waals surface area contributed by atoms with E-state index in [0.717, 1.165) is 0 Å². The van der Waals surface area contributed by atoms with Gasteiger partial charge in [-0.25, -0.2) is 4.79 Å². The SMILES string of the molecule is CC[C@@H](C)C(=O)O[C@H]1c2cc3c(c(OC)c2-c2c(cc(OC)c(OC)c2OC)[C@@H](OC(=O)c2ccccc2)[C@@](C)(O)[C@H]1C)OCO3. The van der Waals surface area contributed by atoms with Crippen LogP contribution in [0.1, 0.15) is 67.8 Å². The van der Waals surface area contributed by atoms with Crippen molar-refractivity contribution in [2.45, 2.75) is 51.9 Å². The first kappa shape index (κ1) is 32.7. The molecule has 11 nitrogen and oxygen atoms in total. The predicted octanol–water partition coefficient (Wildman–Crippen LogP) is 6.05. The van der Waals surface area contributed by atoms with Crippen LogP contribution in [0.4, 0.5) is 0 Å². The number of rotatable bonds is 9. The van der Waals surface area contributed by atoms with Crippen molar-refractivity contribution in [1.82, 2.24) is 0 Å². The Morgan fingerprint density at radius 1 is 0.913 bits per heavy atom. The molecule has 246 valence electrons. The number of esters is 2. The van der Waals surface area contributed by atoms with Crippen molar-refractivity contribution in [2.24, 2.45) is 11.8 Å². The molecule has 46 heavy (non-hydrogen) atoms. The first-order valence-corrected chi connectivity index (χ1v) is 15.1. The number of ether oxygens (including phenoxy) is 8. The lowest BCUT2D eigenvalue weighted by atomic mass is 9.71. The van der Waals surface area contributed by atoms with E-state index in [1.54, 1.807) is 63.2 Å². The molecule has 0 radical (unpaired) electrons. The molecule has 0 spiro atoms. The second kappa shape index (κ2) is 13.0. The largest absolute Gasteiger partial charge is 0.493 e. The van der Waals surface area contributed by atoms with Crippen molar-refractivity contribution >= 4 is 11.9 Å². The molecule has 3 aromatic carbocycles. The fourth-order valence-electron chi connectivity index (χ4n) is 5.98. The number of hydrogen-bond donors (Lipinski definition) is 1. The minimum atomic E-state index is -1.84. The molecule has 2 aliphatic rings. The van der Waals surface area contributed by atoms with Gasteiger partial charge in [0.05, 0.1) is 39.9 Å². The fraction of sp³-hybridized carbons (Fsp3) is 0.429. The maximum Gasteiger partial charge on any atom is 0.338 e. The van der Waals surface area contributed by atoms with Crippen molar-refractivity contribution in [3.8, 4) is 45.6 Å². The summed E-state index contributed by atoms with van der Waals surface area (Å²) in [5.74, 6) is -0.746. The summed E-state index contributed by atoms with van der Waals surface area (Å²) in [7, 11) is 5.88.